The van der Waals surface area contributed by atoms with Gasteiger partial charge in [0, 0.05) is 31.2 Å². The molecule has 0 aliphatic carbocycles. The van der Waals surface area contributed by atoms with E-state index in [0.717, 1.165) is 10.8 Å². The highest BCUT2D eigenvalue weighted by atomic mass is 32.2. The third-order valence-corrected chi connectivity index (χ3v) is 8.49. The second kappa shape index (κ2) is 10.8. The Morgan fingerprint density at radius 1 is 0.972 bits per heavy atom. The van der Waals surface area contributed by atoms with Gasteiger partial charge in [0.1, 0.15) is 6.04 Å². The first-order valence-electron chi connectivity index (χ1n) is 12.4. The van der Waals surface area contributed by atoms with E-state index in [-0.39, 0.29) is 28.7 Å². The SMILES string of the molecule is CCC(C)C(NS(=O)(=O)c1ccccc1)C(=O)N1CCN(C(=O)c2cccc3ccccc23)C(C)C1. The second-order valence-corrected chi connectivity index (χ2v) is 11.2. The summed E-state index contributed by atoms with van der Waals surface area (Å²) in [5.41, 5.74) is 0.646. The molecule has 7 nitrogen and oxygen atoms in total. The van der Waals surface area contributed by atoms with Gasteiger partial charge in [0.25, 0.3) is 5.91 Å². The minimum absolute atomic E-state index is 0.0605. The van der Waals surface area contributed by atoms with Crippen molar-refractivity contribution < 1.29 is 18.0 Å². The average molecular weight is 508 g/mol. The first-order valence-corrected chi connectivity index (χ1v) is 13.9. The maximum atomic E-state index is 13.6. The Bertz CT molecular complexity index is 1340. The lowest BCUT2D eigenvalue weighted by molar-refractivity contribution is -0.136. The van der Waals surface area contributed by atoms with Crippen molar-refractivity contribution in [3.63, 3.8) is 0 Å². The molecule has 3 aromatic rings. The van der Waals surface area contributed by atoms with E-state index in [1.165, 1.54) is 12.1 Å². The van der Waals surface area contributed by atoms with Crippen LogP contribution >= 0.6 is 0 Å². The van der Waals surface area contributed by atoms with E-state index in [4.69, 9.17) is 0 Å². The molecule has 1 N–H and O–H groups in total. The van der Waals surface area contributed by atoms with Crippen LogP contribution in [0.1, 0.15) is 37.6 Å². The largest absolute Gasteiger partial charge is 0.337 e. The molecular formula is C28H33N3O4S. The summed E-state index contributed by atoms with van der Waals surface area (Å²) in [5, 5.41) is 1.91. The Hall–Kier alpha value is -3.23. The fourth-order valence-electron chi connectivity index (χ4n) is 4.70. The summed E-state index contributed by atoms with van der Waals surface area (Å²) in [4.78, 5) is 30.7. The van der Waals surface area contributed by atoms with Crippen molar-refractivity contribution in [2.45, 2.75) is 44.2 Å². The van der Waals surface area contributed by atoms with Crippen molar-refractivity contribution in [3.05, 3.63) is 78.4 Å². The molecule has 1 aliphatic rings. The third-order valence-electron chi connectivity index (χ3n) is 7.03. The van der Waals surface area contributed by atoms with Crippen molar-refractivity contribution in [2.75, 3.05) is 19.6 Å². The Morgan fingerprint density at radius 2 is 1.64 bits per heavy atom. The van der Waals surface area contributed by atoms with Crippen LogP contribution in [0, 0.1) is 5.92 Å². The van der Waals surface area contributed by atoms with E-state index >= 15 is 0 Å². The highest BCUT2D eigenvalue weighted by molar-refractivity contribution is 7.89. The van der Waals surface area contributed by atoms with Gasteiger partial charge in [-0.2, -0.15) is 4.72 Å². The summed E-state index contributed by atoms with van der Waals surface area (Å²) in [7, 11) is -3.85. The van der Waals surface area contributed by atoms with Gasteiger partial charge in [-0.05, 0) is 41.8 Å². The molecule has 8 heteroatoms. The van der Waals surface area contributed by atoms with Gasteiger partial charge in [0.15, 0.2) is 0 Å². The predicted octanol–water partition coefficient (Wildman–Crippen LogP) is 3.91. The number of hydrogen-bond acceptors (Lipinski definition) is 4. The van der Waals surface area contributed by atoms with Gasteiger partial charge < -0.3 is 9.80 Å². The lowest BCUT2D eigenvalue weighted by Crippen LogP contribution is -2.60. The normalized spacial score (nSPS) is 18.1. The molecule has 3 atom stereocenters. The van der Waals surface area contributed by atoms with Gasteiger partial charge in [0.05, 0.1) is 4.90 Å². The van der Waals surface area contributed by atoms with Crippen LogP contribution in [0.4, 0.5) is 0 Å². The number of benzene rings is 3. The van der Waals surface area contributed by atoms with Gasteiger partial charge in [-0.25, -0.2) is 8.42 Å². The lowest BCUT2D eigenvalue weighted by atomic mass is 9.98. The summed E-state index contributed by atoms with van der Waals surface area (Å²) >= 11 is 0. The summed E-state index contributed by atoms with van der Waals surface area (Å²) in [6.07, 6.45) is 0.642. The maximum Gasteiger partial charge on any atom is 0.254 e. The Morgan fingerprint density at radius 3 is 2.33 bits per heavy atom. The number of hydrogen-bond donors (Lipinski definition) is 1. The first kappa shape index (κ1) is 25.9. The molecule has 1 fully saturated rings. The van der Waals surface area contributed by atoms with Crippen LogP contribution in [0.3, 0.4) is 0 Å². The third kappa shape index (κ3) is 5.29. The Balaban J connectivity index is 1.50. The van der Waals surface area contributed by atoms with Crippen molar-refractivity contribution in [1.29, 1.82) is 0 Å². The molecular weight excluding hydrogens is 474 g/mol. The number of sulfonamides is 1. The highest BCUT2D eigenvalue weighted by Crippen LogP contribution is 2.23. The summed E-state index contributed by atoms with van der Waals surface area (Å²) < 4.78 is 28.6. The van der Waals surface area contributed by atoms with Crippen LogP contribution in [0.2, 0.25) is 0 Å². The second-order valence-electron chi connectivity index (χ2n) is 9.46. The molecule has 0 spiro atoms. The van der Waals surface area contributed by atoms with E-state index < -0.39 is 16.1 Å². The van der Waals surface area contributed by atoms with Crippen LogP contribution < -0.4 is 4.72 Å². The summed E-state index contributed by atoms with van der Waals surface area (Å²) in [6, 6.07) is 20.5. The zero-order valence-corrected chi connectivity index (χ0v) is 21.7. The number of carbonyl (C=O) groups is 2. The number of nitrogens with one attached hydrogen (secondary N) is 1. The number of rotatable bonds is 7. The van der Waals surface area contributed by atoms with Gasteiger partial charge in [-0.1, -0.05) is 74.9 Å². The van der Waals surface area contributed by atoms with E-state index in [1.807, 2.05) is 63.2 Å². The van der Waals surface area contributed by atoms with Crippen LogP contribution in [0.25, 0.3) is 10.8 Å². The molecule has 3 aromatic carbocycles. The number of piperazine rings is 1. The summed E-state index contributed by atoms with van der Waals surface area (Å²) in [5.74, 6) is -0.510. The fraction of sp³-hybridized carbons (Fsp3) is 0.357. The maximum absolute atomic E-state index is 13.6. The van der Waals surface area contributed by atoms with Gasteiger partial charge in [-0.3, -0.25) is 9.59 Å². The average Bonchev–Trinajstić information content (AvgIpc) is 2.90. The Labute approximate surface area is 213 Å². The predicted molar refractivity (Wildman–Crippen MR) is 141 cm³/mol. The molecule has 1 saturated heterocycles. The number of nitrogens with zero attached hydrogens (tertiary/aromatic N) is 2. The van der Waals surface area contributed by atoms with Crippen molar-refractivity contribution in [1.82, 2.24) is 14.5 Å². The molecule has 1 heterocycles. The highest BCUT2D eigenvalue weighted by Gasteiger charge is 2.37. The summed E-state index contributed by atoms with van der Waals surface area (Å²) in [6.45, 7) is 6.81. The zero-order valence-electron chi connectivity index (χ0n) is 20.9. The van der Waals surface area contributed by atoms with Crippen LogP contribution in [0.15, 0.2) is 77.7 Å². The van der Waals surface area contributed by atoms with Gasteiger partial charge in [-0.15, -0.1) is 0 Å². The molecule has 4 rings (SSSR count). The fourth-order valence-corrected chi connectivity index (χ4v) is 6.02. The van der Waals surface area contributed by atoms with Crippen molar-refractivity contribution in [2.24, 2.45) is 5.92 Å². The molecule has 2 amide bonds. The van der Waals surface area contributed by atoms with Crippen molar-refractivity contribution in [3.8, 4) is 0 Å². The van der Waals surface area contributed by atoms with E-state index in [0.29, 0.717) is 31.6 Å². The van der Waals surface area contributed by atoms with Gasteiger partial charge in [0.2, 0.25) is 15.9 Å². The van der Waals surface area contributed by atoms with Gasteiger partial charge >= 0.3 is 0 Å². The zero-order chi connectivity index (χ0) is 25.9. The first-order chi connectivity index (χ1) is 17.2. The van der Waals surface area contributed by atoms with Crippen molar-refractivity contribution >= 4 is 32.6 Å². The molecule has 0 aromatic heterocycles. The minimum atomic E-state index is -3.85. The van der Waals surface area contributed by atoms with E-state index in [2.05, 4.69) is 4.72 Å². The monoisotopic (exact) mass is 507 g/mol. The van der Waals surface area contributed by atoms with Crippen LogP contribution in [0.5, 0.6) is 0 Å². The molecule has 36 heavy (non-hydrogen) atoms. The molecule has 3 unspecified atom stereocenters. The molecule has 0 bridgehead atoms. The molecule has 190 valence electrons. The minimum Gasteiger partial charge on any atom is -0.337 e. The lowest BCUT2D eigenvalue weighted by Gasteiger charge is -2.41. The molecule has 0 radical (unpaired) electrons. The quantitative estimate of drug-likeness (QED) is 0.525. The topological polar surface area (TPSA) is 86.8 Å². The molecule has 0 saturated carbocycles. The molecule has 1 aliphatic heterocycles. The van der Waals surface area contributed by atoms with E-state index in [1.54, 1.807) is 28.0 Å². The van der Waals surface area contributed by atoms with Crippen LogP contribution in [-0.2, 0) is 14.8 Å². The number of fused-ring (bicyclic) bond motifs is 1. The Kier molecular flexibility index (Phi) is 7.76. The van der Waals surface area contributed by atoms with Crippen LogP contribution in [-0.4, -0.2) is 61.7 Å². The smallest absolute Gasteiger partial charge is 0.254 e. The standard InChI is InChI=1S/C28H33N3O4S/c1-4-20(2)26(29-36(34,35)23-13-6-5-7-14-23)28(33)30-17-18-31(21(3)19-30)27(32)25-16-10-12-22-11-8-9-15-24(22)25/h5-16,20-21,26,29H,4,17-19H2,1-3H3. The number of carbonyl (C=O) groups excluding carboxylic acids is 2. The number of amides is 2. The van der Waals surface area contributed by atoms with E-state index in [9.17, 15) is 18.0 Å².